The van der Waals surface area contributed by atoms with E-state index in [1.165, 1.54) is 0 Å². The van der Waals surface area contributed by atoms with Crippen LogP contribution in [0, 0.1) is 12.8 Å². The number of aryl methyl sites for hydroxylation is 1. The Morgan fingerprint density at radius 2 is 1.94 bits per heavy atom. The van der Waals surface area contributed by atoms with Crippen molar-refractivity contribution >= 4 is 5.95 Å². The number of anilines is 1. The van der Waals surface area contributed by atoms with Gasteiger partial charge in [0.2, 0.25) is 5.95 Å². The molecule has 0 unspecified atom stereocenters. The summed E-state index contributed by atoms with van der Waals surface area (Å²) < 4.78 is 2.16. The molecule has 0 saturated heterocycles. The number of nitrogens with one attached hydrogen (secondary N) is 1. The SMILES string of the molecule is Cc1cnc(NCc2nccn2CC(C)C)nc1. The maximum absolute atomic E-state index is 4.35. The van der Waals surface area contributed by atoms with Crippen molar-refractivity contribution in [3.63, 3.8) is 0 Å². The van der Waals surface area contributed by atoms with E-state index in [1.807, 2.05) is 19.3 Å². The van der Waals surface area contributed by atoms with Crippen LogP contribution in [-0.4, -0.2) is 19.5 Å². The third-order valence-electron chi connectivity index (χ3n) is 2.55. The van der Waals surface area contributed by atoms with Crippen LogP contribution in [0.15, 0.2) is 24.8 Å². The van der Waals surface area contributed by atoms with E-state index in [0.717, 1.165) is 17.9 Å². The summed E-state index contributed by atoms with van der Waals surface area (Å²) in [5.41, 5.74) is 1.06. The monoisotopic (exact) mass is 245 g/mol. The van der Waals surface area contributed by atoms with Crippen molar-refractivity contribution in [2.75, 3.05) is 5.32 Å². The topological polar surface area (TPSA) is 55.6 Å². The highest BCUT2D eigenvalue weighted by molar-refractivity contribution is 5.24. The minimum absolute atomic E-state index is 0.605. The molecule has 0 spiro atoms. The van der Waals surface area contributed by atoms with Gasteiger partial charge >= 0.3 is 0 Å². The largest absolute Gasteiger partial charge is 0.347 e. The highest BCUT2D eigenvalue weighted by Crippen LogP contribution is 2.06. The molecule has 0 fully saturated rings. The van der Waals surface area contributed by atoms with Gasteiger partial charge in [-0.1, -0.05) is 13.8 Å². The van der Waals surface area contributed by atoms with Gasteiger partial charge in [-0.15, -0.1) is 0 Å². The van der Waals surface area contributed by atoms with E-state index in [4.69, 9.17) is 0 Å². The summed E-state index contributed by atoms with van der Waals surface area (Å²) in [6.07, 6.45) is 7.44. The van der Waals surface area contributed by atoms with Crippen LogP contribution in [0.2, 0.25) is 0 Å². The Balaban J connectivity index is 1.97. The zero-order valence-corrected chi connectivity index (χ0v) is 11.1. The van der Waals surface area contributed by atoms with Crippen LogP contribution in [-0.2, 0) is 13.1 Å². The van der Waals surface area contributed by atoms with E-state index < -0.39 is 0 Å². The van der Waals surface area contributed by atoms with Gasteiger partial charge in [-0.25, -0.2) is 15.0 Å². The molecule has 0 aliphatic heterocycles. The van der Waals surface area contributed by atoms with Crippen LogP contribution >= 0.6 is 0 Å². The lowest BCUT2D eigenvalue weighted by Crippen LogP contribution is -2.12. The normalized spacial score (nSPS) is 10.9. The molecule has 18 heavy (non-hydrogen) atoms. The Hall–Kier alpha value is -1.91. The molecule has 0 atom stereocenters. The fraction of sp³-hybridized carbons (Fsp3) is 0.462. The fourth-order valence-corrected chi connectivity index (χ4v) is 1.71. The van der Waals surface area contributed by atoms with Gasteiger partial charge in [0.05, 0.1) is 6.54 Å². The second-order valence-corrected chi connectivity index (χ2v) is 4.83. The standard InChI is InChI=1S/C13H19N5/c1-10(2)9-18-5-4-14-12(18)8-17-13-15-6-11(3)7-16-13/h4-7,10H,8-9H2,1-3H3,(H,15,16,17). The van der Waals surface area contributed by atoms with Gasteiger partial charge in [-0.3, -0.25) is 0 Å². The Morgan fingerprint density at radius 1 is 1.22 bits per heavy atom. The lowest BCUT2D eigenvalue weighted by atomic mass is 10.2. The van der Waals surface area contributed by atoms with Crippen molar-refractivity contribution in [3.8, 4) is 0 Å². The molecule has 5 heteroatoms. The Kier molecular flexibility index (Phi) is 3.92. The molecule has 0 aromatic carbocycles. The molecule has 2 aromatic rings. The molecule has 0 radical (unpaired) electrons. The molecule has 2 rings (SSSR count). The van der Waals surface area contributed by atoms with Gasteiger partial charge in [0, 0.05) is 31.3 Å². The Bertz CT molecular complexity index is 486. The molecule has 0 bridgehead atoms. The predicted molar refractivity (Wildman–Crippen MR) is 71.2 cm³/mol. The van der Waals surface area contributed by atoms with Crippen LogP contribution in [0.3, 0.4) is 0 Å². The molecule has 0 saturated carbocycles. The molecular weight excluding hydrogens is 226 g/mol. The number of rotatable bonds is 5. The van der Waals surface area contributed by atoms with Crippen LogP contribution < -0.4 is 5.32 Å². The van der Waals surface area contributed by atoms with Crippen LogP contribution in [0.4, 0.5) is 5.95 Å². The van der Waals surface area contributed by atoms with E-state index in [-0.39, 0.29) is 0 Å². The highest BCUT2D eigenvalue weighted by atomic mass is 15.1. The van der Waals surface area contributed by atoms with E-state index in [0.29, 0.717) is 18.4 Å². The van der Waals surface area contributed by atoms with E-state index in [9.17, 15) is 0 Å². The number of nitrogens with zero attached hydrogens (tertiary/aromatic N) is 4. The number of aromatic nitrogens is 4. The van der Waals surface area contributed by atoms with Gasteiger partial charge in [-0.2, -0.15) is 0 Å². The summed E-state index contributed by atoms with van der Waals surface area (Å²) in [5, 5.41) is 3.18. The number of hydrogen-bond acceptors (Lipinski definition) is 4. The Labute approximate surface area is 107 Å². The van der Waals surface area contributed by atoms with Crippen molar-refractivity contribution in [1.29, 1.82) is 0 Å². The summed E-state index contributed by atoms with van der Waals surface area (Å²) in [6, 6.07) is 0. The van der Waals surface area contributed by atoms with Crippen molar-refractivity contribution in [2.24, 2.45) is 5.92 Å². The minimum atomic E-state index is 0.605. The van der Waals surface area contributed by atoms with Gasteiger partial charge in [0.25, 0.3) is 0 Å². The second-order valence-electron chi connectivity index (χ2n) is 4.83. The average molecular weight is 245 g/mol. The van der Waals surface area contributed by atoms with Gasteiger partial charge in [-0.05, 0) is 18.4 Å². The zero-order valence-electron chi connectivity index (χ0n) is 11.1. The number of imidazole rings is 1. The summed E-state index contributed by atoms with van der Waals surface area (Å²) in [4.78, 5) is 12.8. The van der Waals surface area contributed by atoms with E-state index in [1.54, 1.807) is 12.4 Å². The first-order chi connectivity index (χ1) is 8.65. The lowest BCUT2D eigenvalue weighted by Gasteiger charge is -2.10. The first-order valence-electron chi connectivity index (χ1n) is 6.17. The smallest absolute Gasteiger partial charge is 0.222 e. The predicted octanol–water partition coefficient (Wildman–Crippen LogP) is 2.25. The fourth-order valence-electron chi connectivity index (χ4n) is 1.71. The quantitative estimate of drug-likeness (QED) is 0.877. The first-order valence-corrected chi connectivity index (χ1v) is 6.17. The maximum Gasteiger partial charge on any atom is 0.222 e. The first kappa shape index (κ1) is 12.5. The van der Waals surface area contributed by atoms with E-state index in [2.05, 4.69) is 38.7 Å². The maximum atomic E-state index is 4.35. The van der Waals surface area contributed by atoms with Crippen LogP contribution in [0.25, 0.3) is 0 Å². The molecule has 0 amide bonds. The Morgan fingerprint density at radius 3 is 2.61 bits per heavy atom. The summed E-state index contributed by atoms with van der Waals surface area (Å²) in [7, 11) is 0. The molecule has 0 aliphatic carbocycles. The average Bonchev–Trinajstić information content (AvgIpc) is 2.75. The highest BCUT2D eigenvalue weighted by Gasteiger charge is 2.05. The van der Waals surface area contributed by atoms with Gasteiger partial charge in [0.15, 0.2) is 0 Å². The zero-order chi connectivity index (χ0) is 13.0. The van der Waals surface area contributed by atoms with Crippen LogP contribution in [0.5, 0.6) is 0 Å². The van der Waals surface area contributed by atoms with Crippen LogP contribution in [0.1, 0.15) is 25.2 Å². The summed E-state index contributed by atoms with van der Waals surface area (Å²) in [5.74, 6) is 2.25. The summed E-state index contributed by atoms with van der Waals surface area (Å²) >= 11 is 0. The molecule has 5 nitrogen and oxygen atoms in total. The molecule has 96 valence electrons. The van der Waals surface area contributed by atoms with E-state index >= 15 is 0 Å². The molecular formula is C13H19N5. The third-order valence-corrected chi connectivity index (χ3v) is 2.55. The van der Waals surface area contributed by atoms with Gasteiger partial charge in [0.1, 0.15) is 5.82 Å². The number of hydrogen-bond donors (Lipinski definition) is 1. The molecule has 2 aromatic heterocycles. The van der Waals surface area contributed by atoms with Crippen molar-refractivity contribution < 1.29 is 0 Å². The lowest BCUT2D eigenvalue weighted by molar-refractivity contribution is 0.509. The van der Waals surface area contributed by atoms with Gasteiger partial charge < -0.3 is 9.88 Å². The molecule has 2 heterocycles. The molecule has 0 aliphatic rings. The minimum Gasteiger partial charge on any atom is -0.347 e. The summed E-state index contributed by atoms with van der Waals surface area (Å²) in [6.45, 7) is 7.98. The second kappa shape index (κ2) is 5.62. The van der Waals surface area contributed by atoms with Crippen molar-refractivity contribution in [1.82, 2.24) is 19.5 Å². The van der Waals surface area contributed by atoms with Crippen molar-refractivity contribution in [3.05, 3.63) is 36.2 Å². The third kappa shape index (κ3) is 3.29. The van der Waals surface area contributed by atoms with Crippen molar-refractivity contribution in [2.45, 2.75) is 33.9 Å². The molecule has 1 N–H and O–H groups in total.